The monoisotopic (exact) mass is 314 g/mol. The summed E-state index contributed by atoms with van der Waals surface area (Å²) in [7, 11) is -3.12. The summed E-state index contributed by atoms with van der Waals surface area (Å²) in [5.74, 6) is -0.0484. The Labute approximate surface area is 122 Å². The van der Waals surface area contributed by atoms with Gasteiger partial charge in [0, 0.05) is 16.8 Å². The highest BCUT2D eigenvalue weighted by atomic mass is 35.5. The van der Waals surface area contributed by atoms with Crippen molar-refractivity contribution in [3.8, 4) is 0 Å². The molecule has 1 aromatic carbocycles. The molecule has 0 radical (unpaired) electrons. The number of carbonyl (C=O) groups is 1. The quantitative estimate of drug-likeness (QED) is 0.834. The van der Waals surface area contributed by atoms with Crippen molar-refractivity contribution in [2.75, 3.05) is 16.4 Å². The molecule has 3 rings (SSSR count). The average molecular weight is 315 g/mol. The van der Waals surface area contributed by atoms with E-state index < -0.39 is 15.9 Å². The third-order valence-electron chi connectivity index (χ3n) is 3.81. The number of piperazine rings is 1. The molecule has 20 heavy (non-hydrogen) atoms. The zero-order valence-electron chi connectivity index (χ0n) is 10.9. The lowest BCUT2D eigenvalue weighted by Gasteiger charge is -2.40. The molecule has 0 aromatic heterocycles. The number of rotatable bonds is 1. The number of hydrogen-bond donors (Lipinski definition) is 1. The van der Waals surface area contributed by atoms with E-state index >= 15 is 0 Å². The molecular weight excluding hydrogens is 300 g/mol. The molecule has 108 valence electrons. The molecule has 0 aliphatic carbocycles. The van der Waals surface area contributed by atoms with Crippen molar-refractivity contribution in [2.45, 2.75) is 25.0 Å². The van der Waals surface area contributed by atoms with Crippen molar-refractivity contribution in [1.82, 2.24) is 5.32 Å². The van der Waals surface area contributed by atoms with Gasteiger partial charge in [-0.25, -0.2) is 8.42 Å². The zero-order chi connectivity index (χ0) is 14.5. The van der Waals surface area contributed by atoms with Crippen molar-refractivity contribution in [3.63, 3.8) is 0 Å². The second-order valence-electron chi connectivity index (χ2n) is 5.33. The van der Waals surface area contributed by atoms with Gasteiger partial charge in [0.2, 0.25) is 5.91 Å². The maximum absolute atomic E-state index is 12.4. The van der Waals surface area contributed by atoms with Gasteiger partial charge in [-0.1, -0.05) is 17.7 Å². The molecule has 1 aromatic rings. The number of nitrogens with one attached hydrogen (secondary N) is 1. The fourth-order valence-corrected chi connectivity index (χ4v) is 5.04. The van der Waals surface area contributed by atoms with Gasteiger partial charge in [-0.05, 0) is 25.1 Å². The van der Waals surface area contributed by atoms with Gasteiger partial charge in [0.15, 0.2) is 9.84 Å². The molecule has 0 bridgehead atoms. The number of amides is 1. The lowest BCUT2D eigenvalue weighted by molar-refractivity contribution is -0.122. The molecular formula is C13H15ClN2O3S. The number of benzene rings is 1. The van der Waals surface area contributed by atoms with Gasteiger partial charge in [0.25, 0.3) is 0 Å². The Balaban J connectivity index is 2.04. The summed E-state index contributed by atoms with van der Waals surface area (Å²) in [6.07, 6.45) is 0. The van der Waals surface area contributed by atoms with Crippen molar-refractivity contribution < 1.29 is 13.2 Å². The van der Waals surface area contributed by atoms with Crippen LogP contribution in [0, 0.1) is 0 Å². The van der Waals surface area contributed by atoms with Gasteiger partial charge in [0.1, 0.15) is 0 Å². The van der Waals surface area contributed by atoms with Crippen LogP contribution in [0.25, 0.3) is 0 Å². The van der Waals surface area contributed by atoms with Crippen LogP contribution >= 0.6 is 11.6 Å². The normalized spacial score (nSPS) is 32.2. The van der Waals surface area contributed by atoms with Crippen LogP contribution in [-0.4, -0.2) is 44.0 Å². The number of fused-ring (bicyclic) bond motifs is 1. The lowest BCUT2D eigenvalue weighted by atomic mass is 10.0. The van der Waals surface area contributed by atoms with Crippen molar-refractivity contribution in [3.05, 3.63) is 29.3 Å². The van der Waals surface area contributed by atoms with E-state index in [1.807, 2.05) is 0 Å². The Bertz CT molecular complexity index is 661. The maximum atomic E-state index is 12.4. The number of hydrogen-bond acceptors (Lipinski definition) is 4. The Morgan fingerprint density at radius 2 is 2.10 bits per heavy atom. The third-order valence-corrected chi connectivity index (χ3v) is 5.76. The first-order valence-corrected chi connectivity index (χ1v) is 8.62. The van der Waals surface area contributed by atoms with Crippen molar-refractivity contribution in [2.24, 2.45) is 0 Å². The van der Waals surface area contributed by atoms with E-state index in [2.05, 4.69) is 5.32 Å². The summed E-state index contributed by atoms with van der Waals surface area (Å²) < 4.78 is 23.7. The lowest BCUT2D eigenvalue weighted by Crippen LogP contribution is -2.64. The van der Waals surface area contributed by atoms with Crippen molar-refractivity contribution >= 4 is 33.0 Å². The maximum Gasteiger partial charge on any atom is 0.244 e. The van der Waals surface area contributed by atoms with Crippen LogP contribution in [0.2, 0.25) is 5.02 Å². The Morgan fingerprint density at radius 3 is 2.80 bits per heavy atom. The minimum absolute atomic E-state index is 0.00433. The van der Waals surface area contributed by atoms with Gasteiger partial charge >= 0.3 is 0 Å². The predicted molar refractivity (Wildman–Crippen MR) is 77.8 cm³/mol. The molecule has 2 aliphatic rings. The number of sulfone groups is 1. The molecule has 1 amide bonds. The van der Waals surface area contributed by atoms with E-state index in [1.165, 1.54) is 0 Å². The average Bonchev–Trinajstić information content (AvgIpc) is 2.64. The van der Waals surface area contributed by atoms with E-state index in [0.29, 0.717) is 10.7 Å². The van der Waals surface area contributed by atoms with E-state index in [-0.39, 0.29) is 29.5 Å². The summed E-state index contributed by atoms with van der Waals surface area (Å²) in [4.78, 5) is 14.0. The zero-order valence-corrected chi connectivity index (χ0v) is 12.5. The predicted octanol–water partition coefficient (Wildman–Crippen LogP) is 0.830. The first kappa shape index (κ1) is 13.9. The van der Waals surface area contributed by atoms with Crippen molar-refractivity contribution in [1.29, 1.82) is 0 Å². The van der Waals surface area contributed by atoms with Gasteiger partial charge in [-0.3, -0.25) is 4.79 Å². The Kier molecular flexibility index (Phi) is 3.27. The van der Waals surface area contributed by atoms with Crippen LogP contribution in [0.3, 0.4) is 0 Å². The number of halogens is 1. The molecule has 2 saturated heterocycles. The molecule has 1 N–H and O–H groups in total. The summed E-state index contributed by atoms with van der Waals surface area (Å²) >= 11 is 5.98. The van der Waals surface area contributed by atoms with Gasteiger partial charge in [0.05, 0.1) is 23.6 Å². The molecule has 5 nitrogen and oxygen atoms in total. The summed E-state index contributed by atoms with van der Waals surface area (Å²) in [5, 5.41) is 3.62. The van der Waals surface area contributed by atoms with Crippen LogP contribution in [0.5, 0.6) is 0 Å². The highest BCUT2D eigenvalue weighted by molar-refractivity contribution is 7.91. The number of anilines is 1. The molecule has 0 spiro atoms. The second-order valence-corrected chi connectivity index (χ2v) is 7.92. The fraction of sp³-hybridized carbons (Fsp3) is 0.462. The van der Waals surface area contributed by atoms with Crippen LogP contribution in [0.1, 0.15) is 6.92 Å². The van der Waals surface area contributed by atoms with Crippen LogP contribution < -0.4 is 10.2 Å². The largest absolute Gasteiger partial charge is 0.305 e. The van der Waals surface area contributed by atoms with E-state index in [4.69, 9.17) is 11.6 Å². The molecule has 0 unspecified atom stereocenters. The van der Waals surface area contributed by atoms with Gasteiger partial charge < -0.3 is 10.2 Å². The molecule has 3 atom stereocenters. The molecule has 0 saturated carbocycles. The number of nitrogens with zero attached hydrogens (tertiary/aromatic N) is 1. The molecule has 2 heterocycles. The third kappa shape index (κ3) is 2.32. The van der Waals surface area contributed by atoms with E-state index in [1.54, 1.807) is 36.1 Å². The number of carbonyl (C=O) groups excluding carboxylic acids is 1. The Morgan fingerprint density at radius 1 is 1.35 bits per heavy atom. The highest BCUT2D eigenvalue weighted by Crippen LogP contribution is 2.30. The molecule has 2 fully saturated rings. The highest BCUT2D eigenvalue weighted by Gasteiger charge is 2.48. The Hall–Kier alpha value is -1.11. The van der Waals surface area contributed by atoms with E-state index in [0.717, 1.165) is 0 Å². The summed E-state index contributed by atoms with van der Waals surface area (Å²) in [6, 6.07) is 5.99. The fourth-order valence-electron chi connectivity index (χ4n) is 2.95. The van der Waals surface area contributed by atoms with Crippen LogP contribution in [0.4, 0.5) is 5.69 Å². The molecule has 2 aliphatic heterocycles. The summed E-state index contributed by atoms with van der Waals surface area (Å²) in [5.41, 5.74) is 0.656. The standard InChI is InChI=1S/C13H15ClN2O3S/c1-8-13(17)16(10-4-2-3-9(14)5-10)12-7-20(18,19)6-11(12)15-8/h2-5,8,11-12,15H,6-7H2,1H3/t8-,11+,12-/m0/s1. The minimum Gasteiger partial charge on any atom is -0.305 e. The topological polar surface area (TPSA) is 66.5 Å². The summed E-state index contributed by atoms with van der Waals surface area (Å²) in [6.45, 7) is 1.75. The first-order chi connectivity index (χ1) is 9.37. The van der Waals surface area contributed by atoms with Crippen LogP contribution in [0.15, 0.2) is 24.3 Å². The molecule has 7 heteroatoms. The van der Waals surface area contributed by atoms with Gasteiger partial charge in [-0.15, -0.1) is 0 Å². The van der Waals surface area contributed by atoms with Gasteiger partial charge in [-0.2, -0.15) is 0 Å². The van der Waals surface area contributed by atoms with Crippen LogP contribution in [-0.2, 0) is 14.6 Å². The second kappa shape index (κ2) is 4.72. The minimum atomic E-state index is -3.12. The first-order valence-electron chi connectivity index (χ1n) is 6.42. The smallest absolute Gasteiger partial charge is 0.244 e. The van der Waals surface area contributed by atoms with E-state index in [9.17, 15) is 13.2 Å². The SMILES string of the molecule is C[C@@H]1N[C@@H]2CS(=O)(=O)C[C@@H]2N(c2cccc(Cl)c2)C1=O.